The summed E-state index contributed by atoms with van der Waals surface area (Å²) in [4.78, 5) is 29.6. The lowest BCUT2D eigenvalue weighted by molar-refractivity contribution is -0.120. The molecular formula is C19H21N3O3S2. The first-order valence-corrected chi connectivity index (χ1v) is 10.3. The molecule has 1 N–H and O–H groups in total. The van der Waals surface area contributed by atoms with Crippen molar-refractivity contribution in [1.82, 2.24) is 14.9 Å². The van der Waals surface area contributed by atoms with Gasteiger partial charge >= 0.3 is 0 Å². The van der Waals surface area contributed by atoms with Crippen LogP contribution in [0.4, 0.5) is 0 Å². The van der Waals surface area contributed by atoms with Crippen molar-refractivity contribution < 1.29 is 9.53 Å². The van der Waals surface area contributed by atoms with Crippen LogP contribution in [-0.4, -0.2) is 27.8 Å². The smallest absolute Gasteiger partial charge is 0.272 e. The molecule has 3 rings (SSSR count). The van der Waals surface area contributed by atoms with Crippen molar-refractivity contribution in [2.45, 2.75) is 37.3 Å². The average Bonchev–Trinajstić information content (AvgIpc) is 3.15. The van der Waals surface area contributed by atoms with E-state index in [1.54, 1.807) is 11.7 Å². The van der Waals surface area contributed by atoms with Gasteiger partial charge in [0.05, 0.1) is 17.9 Å². The van der Waals surface area contributed by atoms with E-state index in [1.807, 2.05) is 49.6 Å². The van der Waals surface area contributed by atoms with Crippen LogP contribution >= 0.6 is 23.1 Å². The first-order chi connectivity index (χ1) is 13.0. The summed E-state index contributed by atoms with van der Waals surface area (Å²) >= 11 is 2.69. The number of amides is 1. The molecule has 0 saturated heterocycles. The standard InChI is InChI=1S/C19H21N3O3S2/c1-4-22-18(24)16-15(9-10-26-16)21-19(22)27-12(2)17(23)20-11-13-5-7-14(25-3)8-6-13/h5-10,12H,4,11H2,1-3H3,(H,20,23). The van der Waals surface area contributed by atoms with Crippen LogP contribution in [0.15, 0.2) is 45.7 Å². The quantitative estimate of drug-likeness (QED) is 0.484. The fraction of sp³-hybridized carbons (Fsp3) is 0.316. The molecule has 1 amide bonds. The fourth-order valence-electron chi connectivity index (χ4n) is 2.58. The Labute approximate surface area is 165 Å². The summed E-state index contributed by atoms with van der Waals surface area (Å²) in [5.74, 6) is 0.680. The largest absolute Gasteiger partial charge is 0.497 e. The number of aromatic nitrogens is 2. The number of hydrogen-bond donors (Lipinski definition) is 1. The van der Waals surface area contributed by atoms with Crippen LogP contribution in [0, 0.1) is 0 Å². The highest BCUT2D eigenvalue weighted by molar-refractivity contribution is 8.00. The number of nitrogens with zero attached hydrogens (tertiary/aromatic N) is 2. The van der Waals surface area contributed by atoms with Crippen LogP contribution in [-0.2, 0) is 17.9 Å². The van der Waals surface area contributed by atoms with E-state index in [1.165, 1.54) is 23.1 Å². The number of nitrogens with one attached hydrogen (secondary N) is 1. The Balaban J connectivity index is 1.68. The number of rotatable bonds is 7. The predicted octanol–water partition coefficient (Wildman–Crippen LogP) is 3.28. The van der Waals surface area contributed by atoms with Gasteiger partial charge in [0, 0.05) is 13.1 Å². The van der Waals surface area contributed by atoms with Crippen LogP contribution in [0.3, 0.4) is 0 Å². The number of fused-ring (bicyclic) bond motifs is 1. The lowest BCUT2D eigenvalue weighted by Crippen LogP contribution is -2.31. The molecule has 0 saturated carbocycles. The highest BCUT2D eigenvalue weighted by Gasteiger charge is 2.19. The molecular weight excluding hydrogens is 382 g/mol. The summed E-state index contributed by atoms with van der Waals surface area (Å²) < 4.78 is 7.40. The van der Waals surface area contributed by atoms with Gasteiger partial charge < -0.3 is 10.1 Å². The molecule has 1 atom stereocenters. The number of ether oxygens (including phenoxy) is 1. The van der Waals surface area contributed by atoms with Gasteiger partial charge in [-0.2, -0.15) is 0 Å². The minimum absolute atomic E-state index is 0.0501. The molecule has 2 aromatic heterocycles. The predicted molar refractivity (Wildman–Crippen MR) is 110 cm³/mol. The fourth-order valence-corrected chi connectivity index (χ4v) is 4.36. The van der Waals surface area contributed by atoms with Gasteiger partial charge in [-0.1, -0.05) is 23.9 Å². The van der Waals surface area contributed by atoms with Crippen LogP contribution in [0.1, 0.15) is 19.4 Å². The highest BCUT2D eigenvalue weighted by Crippen LogP contribution is 2.24. The van der Waals surface area contributed by atoms with E-state index >= 15 is 0 Å². The van der Waals surface area contributed by atoms with Gasteiger partial charge in [-0.3, -0.25) is 14.2 Å². The minimum Gasteiger partial charge on any atom is -0.497 e. The van der Waals surface area contributed by atoms with E-state index in [4.69, 9.17) is 4.74 Å². The monoisotopic (exact) mass is 403 g/mol. The first kappa shape index (κ1) is 19.4. The van der Waals surface area contributed by atoms with Crippen LogP contribution < -0.4 is 15.6 Å². The Kier molecular flexibility index (Phi) is 6.18. The Bertz CT molecular complexity index is 996. The first-order valence-electron chi connectivity index (χ1n) is 8.58. The second-order valence-corrected chi connectivity index (χ2v) is 8.13. The van der Waals surface area contributed by atoms with Crippen molar-refractivity contribution in [2.24, 2.45) is 0 Å². The normalized spacial score (nSPS) is 12.1. The third kappa shape index (κ3) is 4.33. The molecule has 0 radical (unpaired) electrons. The SMILES string of the molecule is CCn1c(SC(C)C(=O)NCc2ccc(OC)cc2)nc2ccsc2c1=O. The molecule has 0 aliphatic heterocycles. The van der Waals surface area contributed by atoms with Gasteiger partial charge in [0.1, 0.15) is 10.4 Å². The second kappa shape index (κ2) is 8.58. The van der Waals surface area contributed by atoms with Gasteiger partial charge in [0.2, 0.25) is 5.91 Å². The zero-order valence-corrected chi connectivity index (χ0v) is 17.0. The third-order valence-corrected chi connectivity index (χ3v) is 6.11. The molecule has 0 spiro atoms. The van der Waals surface area contributed by atoms with E-state index < -0.39 is 0 Å². The van der Waals surface area contributed by atoms with E-state index in [0.717, 1.165) is 11.3 Å². The zero-order chi connectivity index (χ0) is 19.4. The van der Waals surface area contributed by atoms with Crippen molar-refractivity contribution in [1.29, 1.82) is 0 Å². The molecule has 3 aromatic rings. The van der Waals surface area contributed by atoms with Crippen molar-refractivity contribution in [3.63, 3.8) is 0 Å². The number of thioether (sulfide) groups is 1. The molecule has 2 heterocycles. The summed E-state index contributed by atoms with van der Waals surface area (Å²) in [7, 11) is 1.62. The summed E-state index contributed by atoms with van der Waals surface area (Å²) in [6, 6.07) is 9.38. The molecule has 0 bridgehead atoms. The summed E-state index contributed by atoms with van der Waals surface area (Å²) in [6.07, 6.45) is 0. The van der Waals surface area contributed by atoms with E-state index in [-0.39, 0.29) is 16.7 Å². The molecule has 8 heteroatoms. The van der Waals surface area contributed by atoms with Gasteiger partial charge in [-0.15, -0.1) is 11.3 Å². The van der Waals surface area contributed by atoms with Crippen molar-refractivity contribution in [3.8, 4) is 5.75 Å². The molecule has 6 nitrogen and oxygen atoms in total. The lowest BCUT2D eigenvalue weighted by atomic mass is 10.2. The molecule has 0 fully saturated rings. The average molecular weight is 404 g/mol. The van der Waals surface area contributed by atoms with Gasteiger partial charge in [-0.25, -0.2) is 4.98 Å². The second-order valence-electron chi connectivity index (χ2n) is 5.90. The Morgan fingerprint density at radius 1 is 1.33 bits per heavy atom. The van der Waals surface area contributed by atoms with Gasteiger partial charge in [0.25, 0.3) is 5.56 Å². The number of carbonyl (C=O) groups is 1. The molecule has 1 unspecified atom stereocenters. The topological polar surface area (TPSA) is 73.2 Å². The molecule has 0 aliphatic rings. The van der Waals surface area contributed by atoms with Crippen LogP contribution in [0.25, 0.3) is 10.2 Å². The molecule has 27 heavy (non-hydrogen) atoms. The minimum atomic E-state index is -0.371. The summed E-state index contributed by atoms with van der Waals surface area (Å²) in [5, 5.41) is 4.99. The van der Waals surface area contributed by atoms with Gasteiger partial charge in [-0.05, 0) is 43.0 Å². The summed E-state index contributed by atoms with van der Waals surface area (Å²) in [5.41, 5.74) is 1.62. The van der Waals surface area contributed by atoms with Crippen LogP contribution in [0.2, 0.25) is 0 Å². The van der Waals surface area contributed by atoms with Crippen molar-refractivity contribution in [2.75, 3.05) is 7.11 Å². The number of hydrogen-bond acceptors (Lipinski definition) is 6. The van der Waals surface area contributed by atoms with Gasteiger partial charge in [0.15, 0.2) is 5.16 Å². The van der Waals surface area contributed by atoms with E-state index in [9.17, 15) is 9.59 Å². The van der Waals surface area contributed by atoms with E-state index in [0.29, 0.717) is 28.5 Å². The Morgan fingerprint density at radius 3 is 2.74 bits per heavy atom. The lowest BCUT2D eigenvalue weighted by Gasteiger charge is -2.15. The number of benzene rings is 1. The highest BCUT2D eigenvalue weighted by atomic mass is 32.2. The number of methoxy groups -OCH3 is 1. The van der Waals surface area contributed by atoms with Crippen molar-refractivity contribution in [3.05, 3.63) is 51.6 Å². The third-order valence-electron chi connectivity index (χ3n) is 4.12. The van der Waals surface area contributed by atoms with Crippen molar-refractivity contribution >= 4 is 39.2 Å². The van der Waals surface area contributed by atoms with E-state index in [2.05, 4.69) is 10.3 Å². The molecule has 0 aliphatic carbocycles. The maximum Gasteiger partial charge on any atom is 0.272 e. The molecule has 1 aromatic carbocycles. The maximum absolute atomic E-state index is 12.6. The number of thiophene rings is 1. The number of carbonyl (C=O) groups excluding carboxylic acids is 1. The maximum atomic E-state index is 12.6. The Hall–Kier alpha value is -2.32. The molecule has 142 valence electrons. The van der Waals surface area contributed by atoms with Crippen LogP contribution in [0.5, 0.6) is 5.75 Å². The Morgan fingerprint density at radius 2 is 2.07 bits per heavy atom. The summed E-state index contributed by atoms with van der Waals surface area (Å²) in [6.45, 7) is 4.67. The zero-order valence-electron chi connectivity index (χ0n) is 15.4.